The quantitative estimate of drug-likeness (QED) is 0.927. The summed E-state index contributed by atoms with van der Waals surface area (Å²) in [6.07, 6.45) is 2.71. The molecule has 1 atom stereocenters. The fourth-order valence-corrected chi connectivity index (χ4v) is 2.92. The van der Waals surface area contributed by atoms with Crippen molar-refractivity contribution in [2.45, 2.75) is 33.2 Å². The van der Waals surface area contributed by atoms with Gasteiger partial charge in [-0.25, -0.2) is 9.97 Å². The first-order valence-electron chi connectivity index (χ1n) is 7.15. The number of anilines is 3. The average molecular weight is 268 g/mol. The van der Waals surface area contributed by atoms with Crippen molar-refractivity contribution in [1.29, 1.82) is 0 Å². The molecule has 20 heavy (non-hydrogen) atoms. The Labute approximate surface area is 119 Å². The second-order valence-electron chi connectivity index (χ2n) is 5.25. The highest BCUT2D eigenvalue weighted by Gasteiger charge is 2.29. The van der Waals surface area contributed by atoms with Gasteiger partial charge >= 0.3 is 0 Å². The van der Waals surface area contributed by atoms with E-state index >= 15 is 0 Å². The summed E-state index contributed by atoms with van der Waals surface area (Å²) in [5.41, 5.74) is 3.77. The van der Waals surface area contributed by atoms with Crippen molar-refractivity contribution in [2.24, 2.45) is 0 Å². The normalized spacial score (nSPS) is 17.1. The Hall–Kier alpha value is -2.10. The summed E-state index contributed by atoms with van der Waals surface area (Å²) in [6, 6.07) is 8.99. The van der Waals surface area contributed by atoms with Crippen LogP contribution in [0.3, 0.4) is 0 Å². The third kappa shape index (κ3) is 2.01. The zero-order valence-corrected chi connectivity index (χ0v) is 12.2. The predicted molar refractivity (Wildman–Crippen MR) is 82.7 cm³/mol. The standard InChI is InChI=1S/C16H20N4/c1-4-17-15-12(3)16(19-10-18-15)20-11(2)9-13-7-5-6-8-14(13)20/h5-8,10-11H,4,9H2,1-3H3,(H,17,18,19). The average Bonchev–Trinajstić information content (AvgIpc) is 2.77. The van der Waals surface area contributed by atoms with E-state index in [-0.39, 0.29) is 0 Å². The molecule has 0 saturated heterocycles. The first kappa shape index (κ1) is 12.9. The van der Waals surface area contributed by atoms with Gasteiger partial charge in [-0.05, 0) is 38.8 Å². The van der Waals surface area contributed by atoms with E-state index in [9.17, 15) is 0 Å². The molecular weight excluding hydrogens is 248 g/mol. The van der Waals surface area contributed by atoms with Gasteiger partial charge in [0, 0.05) is 23.8 Å². The molecule has 0 aliphatic carbocycles. The minimum absolute atomic E-state index is 0.426. The molecule has 2 heterocycles. The number of benzene rings is 1. The molecule has 0 bridgehead atoms. The zero-order chi connectivity index (χ0) is 14.1. The molecule has 4 nitrogen and oxygen atoms in total. The van der Waals surface area contributed by atoms with Gasteiger partial charge in [0.05, 0.1) is 0 Å². The number of hydrogen-bond acceptors (Lipinski definition) is 4. The van der Waals surface area contributed by atoms with Gasteiger partial charge in [0.15, 0.2) is 0 Å². The molecule has 104 valence electrons. The lowest BCUT2D eigenvalue weighted by molar-refractivity contribution is 0.746. The van der Waals surface area contributed by atoms with Crippen molar-refractivity contribution >= 4 is 17.3 Å². The maximum Gasteiger partial charge on any atom is 0.141 e. The van der Waals surface area contributed by atoms with E-state index in [1.165, 1.54) is 11.3 Å². The molecule has 1 aromatic carbocycles. The molecule has 1 unspecified atom stereocenters. The van der Waals surface area contributed by atoms with Crippen LogP contribution in [0.1, 0.15) is 25.0 Å². The van der Waals surface area contributed by atoms with Crippen LogP contribution >= 0.6 is 0 Å². The van der Waals surface area contributed by atoms with Gasteiger partial charge in [0.1, 0.15) is 18.0 Å². The van der Waals surface area contributed by atoms with Crippen molar-refractivity contribution in [1.82, 2.24) is 9.97 Å². The maximum atomic E-state index is 4.53. The van der Waals surface area contributed by atoms with Crippen LogP contribution in [-0.2, 0) is 6.42 Å². The molecule has 1 N–H and O–H groups in total. The molecule has 0 spiro atoms. The molecule has 3 rings (SSSR count). The maximum absolute atomic E-state index is 4.53. The number of fused-ring (bicyclic) bond motifs is 1. The summed E-state index contributed by atoms with van der Waals surface area (Å²) in [6.45, 7) is 7.27. The molecule has 0 fully saturated rings. The van der Waals surface area contributed by atoms with Gasteiger partial charge in [-0.15, -0.1) is 0 Å². The second-order valence-corrected chi connectivity index (χ2v) is 5.25. The van der Waals surface area contributed by atoms with E-state index in [1.807, 2.05) is 0 Å². The number of hydrogen-bond donors (Lipinski definition) is 1. The third-order valence-corrected chi connectivity index (χ3v) is 3.84. The van der Waals surface area contributed by atoms with Crippen LogP contribution in [0.25, 0.3) is 0 Å². The fourth-order valence-electron chi connectivity index (χ4n) is 2.92. The van der Waals surface area contributed by atoms with E-state index < -0.39 is 0 Å². The predicted octanol–water partition coefficient (Wildman–Crippen LogP) is 3.30. The summed E-state index contributed by atoms with van der Waals surface area (Å²) in [5, 5.41) is 3.30. The molecule has 1 aliphatic rings. The van der Waals surface area contributed by atoms with Crippen molar-refractivity contribution in [3.63, 3.8) is 0 Å². The Morgan fingerprint density at radius 3 is 2.90 bits per heavy atom. The van der Waals surface area contributed by atoms with Gasteiger partial charge in [-0.2, -0.15) is 0 Å². The number of nitrogens with zero attached hydrogens (tertiary/aromatic N) is 3. The number of rotatable bonds is 3. The Kier molecular flexibility index (Phi) is 3.30. The van der Waals surface area contributed by atoms with Crippen LogP contribution in [0.15, 0.2) is 30.6 Å². The Balaban J connectivity index is 2.07. The molecule has 1 aromatic heterocycles. The van der Waals surface area contributed by atoms with Crippen molar-refractivity contribution in [3.8, 4) is 0 Å². The third-order valence-electron chi connectivity index (χ3n) is 3.84. The second kappa shape index (κ2) is 5.12. The highest BCUT2D eigenvalue weighted by molar-refractivity contribution is 5.72. The summed E-state index contributed by atoms with van der Waals surface area (Å²) in [5.74, 6) is 1.93. The highest BCUT2D eigenvalue weighted by atomic mass is 15.2. The van der Waals surface area contributed by atoms with E-state index in [4.69, 9.17) is 0 Å². The molecule has 0 amide bonds. The minimum atomic E-state index is 0.426. The van der Waals surface area contributed by atoms with Crippen LogP contribution in [0.5, 0.6) is 0 Å². The lowest BCUT2D eigenvalue weighted by Crippen LogP contribution is -2.26. The summed E-state index contributed by atoms with van der Waals surface area (Å²) in [7, 11) is 0. The Bertz CT molecular complexity index is 624. The van der Waals surface area contributed by atoms with Crippen LogP contribution in [0.2, 0.25) is 0 Å². The van der Waals surface area contributed by atoms with Gasteiger partial charge in [0.25, 0.3) is 0 Å². The number of nitrogens with one attached hydrogen (secondary N) is 1. The first-order valence-corrected chi connectivity index (χ1v) is 7.15. The zero-order valence-electron chi connectivity index (χ0n) is 12.2. The summed E-state index contributed by atoms with van der Waals surface area (Å²) >= 11 is 0. The summed E-state index contributed by atoms with van der Waals surface area (Å²) < 4.78 is 0. The molecule has 1 aliphatic heterocycles. The minimum Gasteiger partial charge on any atom is -0.370 e. The lowest BCUT2D eigenvalue weighted by atomic mass is 10.1. The smallest absolute Gasteiger partial charge is 0.141 e. The Morgan fingerprint density at radius 2 is 2.10 bits per heavy atom. The van der Waals surface area contributed by atoms with Crippen LogP contribution in [0, 0.1) is 6.92 Å². The SMILES string of the molecule is CCNc1ncnc(N2c3ccccc3CC2C)c1C. The monoisotopic (exact) mass is 268 g/mol. The van der Waals surface area contributed by atoms with Gasteiger partial charge in [-0.3, -0.25) is 0 Å². The van der Waals surface area contributed by atoms with Crippen molar-refractivity contribution in [2.75, 3.05) is 16.8 Å². The van der Waals surface area contributed by atoms with Crippen LogP contribution in [0.4, 0.5) is 17.3 Å². The molecule has 2 aromatic rings. The number of aromatic nitrogens is 2. The highest BCUT2D eigenvalue weighted by Crippen LogP contribution is 2.39. The van der Waals surface area contributed by atoms with E-state index in [0.717, 1.165) is 30.2 Å². The number of para-hydroxylation sites is 1. The fraction of sp³-hybridized carbons (Fsp3) is 0.375. The molecule has 0 saturated carbocycles. The largest absolute Gasteiger partial charge is 0.370 e. The summed E-state index contributed by atoms with van der Waals surface area (Å²) in [4.78, 5) is 11.2. The molecule has 4 heteroatoms. The van der Waals surface area contributed by atoms with E-state index in [1.54, 1.807) is 6.33 Å². The van der Waals surface area contributed by atoms with Gasteiger partial charge < -0.3 is 10.2 Å². The van der Waals surface area contributed by atoms with Gasteiger partial charge in [0.2, 0.25) is 0 Å². The Morgan fingerprint density at radius 1 is 1.30 bits per heavy atom. The first-order chi connectivity index (χ1) is 9.72. The van der Waals surface area contributed by atoms with E-state index in [0.29, 0.717) is 6.04 Å². The molecule has 0 radical (unpaired) electrons. The van der Waals surface area contributed by atoms with Gasteiger partial charge in [-0.1, -0.05) is 18.2 Å². The lowest BCUT2D eigenvalue weighted by Gasteiger charge is -2.26. The van der Waals surface area contributed by atoms with Crippen LogP contribution < -0.4 is 10.2 Å². The molecular formula is C16H20N4. The van der Waals surface area contributed by atoms with Crippen LogP contribution in [-0.4, -0.2) is 22.6 Å². The van der Waals surface area contributed by atoms with Crippen molar-refractivity contribution < 1.29 is 0 Å². The van der Waals surface area contributed by atoms with Crippen molar-refractivity contribution in [3.05, 3.63) is 41.7 Å². The van der Waals surface area contributed by atoms with E-state index in [2.05, 4.69) is 65.2 Å². The topological polar surface area (TPSA) is 41.1 Å².